The zero-order valence-electron chi connectivity index (χ0n) is 9.31. The summed E-state index contributed by atoms with van der Waals surface area (Å²) in [5.41, 5.74) is -0.0242. The van der Waals surface area contributed by atoms with Crippen LogP contribution in [0.15, 0.2) is 4.47 Å². The van der Waals surface area contributed by atoms with Crippen molar-refractivity contribution in [2.75, 3.05) is 14.2 Å². The van der Waals surface area contributed by atoms with E-state index in [0.29, 0.717) is 5.56 Å². The number of ether oxygens (including phenoxy) is 2. The van der Waals surface area contributed by atoms with Gasteiger partial charge in [0, 0.05) is 5.56 Å². The molecule has 0 radical (unpaired) electrons. The summed E-state index contributed by atoms with van der Waals surface area (Å²) in [6, 6.07) is 0. The Morgan fingerprint density at radius 1 is 1.47 bits per heavy atom. The van der Waals surface area contributed by atoms with Crippen LogP contribution in [0.3, 0.4) is 0 Å². The fraction of sp³-hybridized carbons (Fsp3) is 0.333. The first-order valence-corrected chi connectivity index (χ1v) is 5.20. The third-order valence-corrected chi connectivity index (χ3v) is 3.03. The molecule has 0 amide bonds. The molecule has 17 heavy (non-hydrogen) atoms. The molecular weight excluding hydrogens is 296 g/mol. The number of pyridine rings is 1. The number of methoxy groups -OCH3 is 2. The number of carbonyl (C=O) groups excluding carboxylic acids is 1. The van der Waals surface area contributed by atoms with Crippen molar-refractivity contribution >= 4 is 27.6 Å². The smallest absolute Gasteiger partial charge is 0.357 e. The first kappa shape index (κ1) is 13.4. The highest BCUT2D eigenvalue weighted by atomic mass is 79.9. The van der Waals surface area contributed by atoms with Crippen LogP contribution in [0.5, 0.6) is 5.88 Å². The second-order valence-electron chi connectivity index (χ2n) is 3.01. The maximum absolute atomic E-state index is 11.4. The highest BCUT2D eigenvalue weighted by Gasteiger charge is 2.28. The maximum atomic E-state index is 11.4. The number of nitro groups is 1. The number of carbonyl (C=O) groups is 1. The van der Waals surface area contributed by atoms with Gasteiger partial charge in [-0.15, -0.1) is 0 Å². The summed E-state index contributed by atoms with van der Waals surface area (Å²) in [5.74, 6) is -0.927. The molecule has 0 aliphatic heterocycles. The Labute approximate surface area is 105 Å². The molecule has 92 valence electrons. The van der Waals surface area contributed by atoms with Crippen molar-refractivity contribution in [3.05, 3.63) is 25.8 Å². The Hall–Kier alpha value is -1.70. The fourth-order valence-electron chi connectivity index (χ4n) is 1.21. The second-order valence-corrected chi connectivity index (χ2v) is 3.80. The predicted octanol–water partition coefficient (Wildman–Crippen LogP) is 1.86. The molecule has 1 aromatic rings. The molecule has 7 nitrogen and oxygen atoms in total. The van der Waals surface area contributed by atoms with E-state index in [1.165, 1.54) is 21.1 Å². The van der Waals surface area contributed by atoms with Crippen LogP contribution in [0.1, 0.15) is 16.1 Å². The Bertz CT molecular complexity index is 489. The summed E-state index contributed by atoms with van der Waals surface area (Å²) < 4.78 is 9.46. The summed E-state index contributed by atoms with van der Waals surface area (Å²) in [4.78, 5) is 25.4. The molecule has 0 saturated heterocycles. The number of hydrogen-bond donors (Lipinski definition) is 0. The van der Waals surface area contributed by atoms with Crippen molar-refractivity contribution in [3.63, 3.8) is 0 Å². The molecule has 0 aliphatic rings. The maximum Gasteiger partial charge on any atom is 0.357 e. The standard InChI is InChI=1S/C9H9BrN2O5/c1-4-5(10)7(12(14)15)8(16-2)11-6(4)9(13)17-3/h1-3H3. The minimum atomic E-state index is -0.684. The first-order chi connectivity index (χ1) is 7.93. The Morgan fingerprint density at radius 3 is 2.47 bits per heavy atom. The normalized spacial score (nSPS) is 9.88. The molecule has 0 saturated carbocycles. The lowest BCUT2D eigenvalue weighted by atomic mass is 10.2. The van der Waals surface area contributed by atoms with Gasteiger partial charge in [-0.1, -0.05) is 0 Å². The molecule has 0 fully saturated rings. The monoisotopic (exact) mass is 304 g/mol. The van der Waals surface area contributed by atoms with E-state index in [-0.39, 0.29) is 21.7 Å². The van der Waals surface area contributed by atoms with Gasteiger partial charge in [-0.05, 0) is 22.9 Å². The van der Waals surface area contributed by atoms with Gasteiger partial charge in [0.1, 0.15) is 4.47 Å². The van der Waals surface area contributed by atoms with Crippen LogP contribution >= 0.6 is 15.9 Å². The van der Waals surface area contributed by atoms with Crippen molar-refractivity contribution in [1.82, 2.24) is 4.98 Å². The average Bonchev–Trinajstić information content (AvgIpc) is 2.30. The molecule has 0 bridgehead atoms. The topological polar surface area (TPSA) is 91.6 Å². The Balaban J connectivity index is 3.56. The summed E-state index contributed by atoms with van der Waals surface area (Å²) in [5, 5.41) is 10.8. The van der Waals surface area contributed by atoms with Crippen LogP contribution in [0.25, 0.3) is 0 Å². The predicted molar refractivity (Wildman–Crippen MR) is 61.2 cm³/mol. The number of rotatable bonds is 3. The summed E-state index contributed by atoms with van der Waals surface area (Å²) in [6.07, 6.45) is 0. The van der Waals surface area contributed by atoms with Gasteiger partial charge in [0.05, 0.1) is 19.1 Å². The van der Waals surface area contributed by atoms with Gasteiger partial charge < -0.3 is 9.47 Å². The Morgan fingerprint density at radius 2 is 2.06 bits per heavy atom. The van der Waals surface area contributed by atoms with Crippen molar-refractivity contribution in [1.29, 1.82) is 0 Å². The molecule has 0 aromatic carbocycles. The molecule has 1 rings (SSSR count). The van der Waals surface area contributed by atoms with Gasteiger partial charge in [0.15, 0.2) is 5.69 Å². The van der Waals surface area contributed by atoms with Crippen molar-refractivity contribution in [3.8, 4) is 5.88 Å². The van der Waals surface area contributed by atoms with Gasteiger partial charge in [-0.25, -0.2) is 4.79 Å². The van der Waals surface area contributed by atoms with Gasteiger partial charge >= 0.3 is 11.7 Å². The van der Waals surface area contributed by atoms with E-state index in [2.05, 4.69) is 25.7 Å². The minimum Gasteiger partial charge on any atom is -0.476 e. The average molecular weight is 305 g/mol. The van der Waals surface area contributed by atoms with Crippen LogP contribution < -0.4 is 4.74 Å². The number of aromatic nitrogens is 1. The molecule has 0 N–H and O–H groups in total. The highest BCUT2D eigenvalue weighted by Crippen LogP contribution is 2.36. The van der Waals surface area contributed by atoms with Gasteiger partial charge in [-0.3, -0.25) is 10.1 Å². The van der Waals surface area contributed by atoms with Crippen LogP contribution in [-0.4, -0.2) is 30.1 Å². The number of nitrogens with zero attached hydrogens (tertiary/aromatic N) is 2. The van der Waals surface area contributed by atoms with E-state index in [0.717, 1.165) is 0 Å². The van der Waals surface area contributed by atoms with Crippen LogP contribution in [0.2, 0.25) is 0 Å². The summed E-state index contributed by atoms with van der Waals surface area (Å²) >= 11 is 3.05. The van der Waals surface area contributed by atoms with E-state index in [1.807, 2.05) is 0 Å². The quantitative estimate of drug-likeness (QED) is 0.481. The molecule has 0 unspecified atom stereocenters. The Kier molecular flexibility index (Phi) is 4.00. The number of hydrogen-bond acceptors (Lipinski definition) is 6. The molecule has 0 aliphatic carbocycles. The van der Waals surface area contributed by atoms with E-state index in [9.17, 15) is 14.9 Å². The van der Waals surface area contributed by atoms with E-state index in [1.54, 1.807) is 0 Å². The summed E-state index contributed by atoms with van der Waals surface area (Å²) in [7, 11) is 2.43. The number of esters is 1. The highest BCUT2D eigenvalue weighted by molar-refractivity contribution is 9.10. The molecular formula is C9H9BrN2O5. The fourth-order valence-corrected chi connectivity index (χ4v) is 1.71. The first-order valence-electron chi connectivity index (χ1n) is 4.40. The van der Waals surface area contributed by atoms with E-state index >= 15 is 0 Å². The lowest BCUT2D eigenvalue weighted by Gasteiger charge is -2.08. The van der Waals surface area contributed by atoms with Gasteiger partial charge in [0.25, 0.3) is 5.88 Å². The summed E-state index contributed by atoms with van der Waals surface area (Å²) in [6.45, 7) is 1.52. The van der Waals surface area contributed by atoms with Crippen molar-refractivity contribution < 1.29 is 19.2 Å². The lowest BCUT2D eigenvalue weighted by molar-refractivity contribution is -0.387. The largest absolute Gasteiger partial charge is 0.476 e. The SMILES string of the molecule is COC(=O)c1nc(OC)c([N+](=O)[O-])c(Br)c1C. The van der Waals surface area contributed by atoms with Crippen molar-refractivity contribution in [2.45, 2.75) is 6.92 Å². The van der Waals surface area contributed by atoms with Crippen LogP contribution in [0.4, 0.5) is 5.69 Å². The third kappa shape index (κ3) is 2.36. The van der Waals surface area contributed by atoms with Gasteiger partial charge in [-0.2, -0.15) is 4.98 Å². The second kappa shape index (κ2) is 5.09. The molecule has 1 heterocycles. The van der Waals surface area contributed by atoms with Gasteiger partial charge in [0.2, 0.25) is 0 Å². The third-order valence-electron chi connectivity index (χ3n) is 2.06. The number of halogens is 1. The lowest BCUT2D eigenvalue weighted by Crippen LogP contribution is -2.10. The zero-order valence-corrected chi connectivity index (χ0v) is 10.9. The van der Waals surface area contributed by atoms with E-state index in [4.69, 9.17) is 4.74 Å². The van der Waals surface area contributed by atoms with E-state index < -0.39 is 10.9 Å². The molecule has 8 heteroatoms. The molecule has 0 atom stereocenters. The minimum absolute atomic E-state index is 0.0261. The molecule has 0 spiro atoms. The van der Waals surface area contributed by atoms with Crippen molar-refractivity contribution in [2.24, 2.45) is 0 Å². The van der Waals surface area contributed by atoms with Crippen LogP contribution in [0, 0.1) is 17.0 Å². The molecule has 1 aromatic heterocycles. The van der Waals surface area contributed by atoms with Crippen LogP contribution in [-0.2, 0) is 4.74 Å². The zero-order chi connectivity index (χ0) is 13.2.